The molecule has 1 aromatic carbocycles. The number of aromatic nitrogens is 2. The molecule has 0 saturated heterocycles. The molecular weight excluding hydrogens is 360 g/mol. The molecule has 1 heterocycles. The number of nitrogens with two attached hydrogens (primary N) is 1. The Morgan fingerprint density at radius 1 is 1.23 bits per heavy atom. The van der Waals surface area contributed by atoms with Crippen molar-refractivity contribution in [3.05, 3.63) is 41.6 Å². The van der Waals surface area contributed by atoms with Gasteiger partial charge < -0.3 is 19.9 Å². The zero-order valence-electron chi connectivity index (χ0n) is 14.2. The van der Waals surface area contributed by atoms with E-state index in [1.54, 1.807) is 31.2 Å². The molecule has 0 amide bonds. The van der Waals surface area contributed by atoms with E-state index in [-0.39, 0.29) is 23.7 Å². The lowest BCUT2D eigenvalue weighted by Crippen LogP contribution is -2.25. The highest BCUT2D eigenvalue weighted by molar-refractivity contribution is 7.99. The smallest absolute Gasteiger partial charge is 0.357 e. The first-order valence-electron chi connectivity index (χ1n) is 7.58. The summed E-state index contributed by atoms with van der Waals surface area (Å²) in [4.78, 5) is 36.2. The molecule has 0 atom stereocenters. The molecule has 0 unspecified atom stereocenters. The van der Waals surface area contributed by atoms with Crippen molar-refractivity contribution in [2.45, 2.75) is 6.92 Å². The van der Waals surface area contributed by atoms with Gasteiger partial charge in [-0.2, -0.15) is 4.68 Å². The molecule has 10 heteroatoms. The number of carbonyl (C=O) groups is 3. The van der Waals surface area contributed by atoms with Gasteiger partial charge in [-0.15, -0.1) is 5.10 Å². The largest absolute Gasteiger partial charge is 0.461 e. The van der Waals surface area contributed by atoms with Crippen LogP contribution in [-0.4, -0.2) is 47.1 Å². The van der Waals surface area contributed by atoms with E-state index in [9.17, 15) is 14.4 Å². The summed E-state index contributed by atoms with van der Waals surface area (Å²) in [5.41, 5.74) is 6.41. The quantitative estimate of drug-likeness (QED) is 0.548. The molecule has 0 radical (unpaired) electrons. The molecule has 2 aromatic rings. The second-order valence-electron chi connectivity index (χ2n) is 4.94. The fourth-order valence-corrected chi connectivity index (χ4v) is 2.40. The number of nitrogens with zero attached hydrogens (tertiary/aromatic N) is 2. The van der Waals surface area contributed by atoms with Crippen molar-refractivity contribution in [2.24, 2.45) is 0 Å². The summed E-state index contributed by atoms with van der Waals surface area (Å²) in [5, 5.41) is 3.74. The van der Waals surface area contributed by atoms with Crippen LogP contribution in [0.1, 0.15) is 32.6 Å². The summed E-state index contributed by atoms with van der Waals surface area (Å²) in [6, 6.07) is 7.85. The van der Waals surface area contributed by atoms with E-state index in [1.165, 1.54) is 18.0 Å². The third-order valence-electron chi connectivity index (χ3n) is 3.09. The molecule has 0 fully saturated rings. The van der Waals surface area contributed by atoms with Crippen LogP contribution in [0.5, 0.6) is 0 Å². The monoisotopic (exact) mass is 378 g/mol. The molecule has 2 rings (SSSR count). The minimum atomic E-state index is -0.743. The minimum Gasteiger partial charge on any atom is -0.461 e. The van der Waals surface area contributed by atoms with Crippen LogP contribution >= 0.6 is 11.9 Å². The molecule has 0 saturated carbocycles. The Balaban J connectivity index is 2.06. The van der Waals surface area contributed by atoms with Gasteiger partial charge in [-0.05, 0) is 25.1 Å². The molecule has 0 aliphatic rings. The summed E-state index contributed by atoms with van der Waals surface area (Å²) < 4.78 is 13.6. The van der Waals surface area contributed by atoms with Gasteiger partial charge in [-0.3, -0.25) is 4.79 Å². The minimum absolute atomic E-state index is 0.0245. The van der Waals surface area contributed by atoms with Gasteiger partial charge in [0.05, 0.1) is 12.2 Å². The van der Waals surface area contributed by atoms with Gasteiger partial charge in [-0.25, -0.2) is 9.59 Å². The van der Waals surface area contributed by atoms with Crippen molar-refractivity contribution >= 4 is 41.3 Å². The van der Waals surface area contributed by atoms with Crippen LogP contribution in [0.15, 0.2) is 30.3 Å². The number of hydrogen-bond acceptors (Lipinski definition) is 9. The Kier molecular flexibility index (Phi) is 6.61. The Labute approximate surface area is 154 Å². The molecule has 0 bridgehead atoms. The Morgan fingerprint density at radius 2 is 2.00 bits per heavy atom. The van der Waals surface area contributed by atoms with Gasteiger partial charge >= 0.3 is 11.9 Å². The highest BCUT2D eigenvalue weighted by atomic mass is 32.2. The summed E-state index contributed by atoms with van der Waals surface area (Å²) in [6.45, 7) is 1.16. The topological polar surface area (TPSA) is 126 Å². The zero-order chi connectivity index (χ0) is 19.1. The van der Waals surface area contributed by atoms with E-state index in [0.717, 1.165) is 10.4 Å². The van der Waals surface area contributed by atoms with Gasteiger partial charge in [0.1, 0.15) is 5.82 Å². The molecule has 0 aliphatic heterocycles. The van der Waals surface area contributed by atoms with Crippen LogP contribution in [0, 0.1) is 0 Å². The van der Waals surface area contributed by atoms with Crippen LogP contribution in [0.2, 0.25) is 0 Å². The number of hydrogen-bond donors (Lipinski definition) is 2. The highest BCUT2D eigenvalue weighted by Crippen LogP contribution is 2.14. The standard InChI is InChI=1S/C16H18N4O5S/c1-3-24-16(23)12-8-13(17)18-20(12)14(21)9-25-15(22)10-5-4-6-11(7-10)19-26-2/h4-8,19H,3,9H2,1-2H3,(H2,17,18). The third kappa shape index (κ3) is 4.76. The molecule has 138 valence electrons. The van der Waals surface area contributed by atoms with E-state index in [4.69, 9.17) is 15.2 Å². The van der Waals surface area contributed by atoms with Crippen molar-refractivity contribution in [1.82, 2.24) is 9.78 Å². The Bertz CT molecular complexity index is 821. The van der Waals surface area contributed by atoms with Gasteiger partial charge in [0.25, 0.3) is 5.91 Å². The predicted octanol–water partition coefficient (Wildman–Crippen LogP) is 1.83. The number of esters is 2. The normalized spacial score (nSPS) is 10.2. The van der Waals surface area contributed by atoms with Crippen molar-refractivity contribution in [2.75, 3.05) is 29.9 Å². The van der Waals surface area contributed by atoms with E-state index in [1.807, 2.05) is 6.26 Å². The molecule has 9 nitrogen and oxygen atoms in total. The molecule has 0 spiro atoms. The molecule has 3 N–H and O–H groups in total. The van der Waals surface area contributed by atoms with Crippen LogP contribution in [-0.2, 0) is 9.47 Å². The first kappa shape index (κ1) is 19.3. The van der Waals surface area contributed by atoms with Gasteiger partial charge in [0, 0.05) is 18.0 Å². The summed E-state index contributed by atoms with van der Waals surface area (Å²) in [7, 11) is 0. The van der Waals surface area contributed by atoms with E-state index < -0.39 is 24.5 Å². The summed E-state index contributed by atoms with van der Waals surface area (Å²) in [6.07, 6.45) is 1.85. The first-order chi connectivity index (χ1) is 12.5. The fraction of sp³-hybridized carbons (Fsp3) is 0.250. The number of rotatable bonds is 7. The summed E-state index contributed by atoms with van der Waals surface area (Å²) >= 11 is 1.38. The van der Waals surface area contributed by atoms with E-state index in [0.29, 0.717) is 0 Å². The molecular formula is C16H18N4O5S. The van der Waals surface area contributed by atoms with Crippen molar-refractivity contribution < 1.29 is 23.9 Å². The van der Waals surface area contributed by atoms with Crippen LogP contribution in [0.25, 0.3) is 0 Å². The highest BCUT2D eigenvalue weighted by Gasteiger charge is 2.21. The van der Waals surface area contributed by atoms with Crippen LogP contribution in [0.3, 0.4) is 0 Å². The molecule has 0 aliphatic carbocycles. The van der Waals surface area contributed by atoms with Crippen molar-refractivity contribution in [3.63, 3.8) is 0 Å². The van der Waals surface area contributed by atoms with E-state index >= 15 is 0 Å². The lowest BCUT2D eigenvalue weighted by molar-refractivity contribution is 0.0430. The number of benzene rings is 1. The number of ether oxygens (including phenoxy) is 2. The van der Waals surface area contributed by atoms with Crippen LogP contribution < -0.4 is 10.5 Å². The van der Waals surface area contributed by atoms with Crippen molar-refractivity contribution in [1.29, 1.82) is 0 Å². The number of nitrogen functional groups attached to an aromatic ring is 1. The second kappa shape index (κ2) is 8.90. The average molecular weight is 378 g/mol. The Hall–Kier alpha value is -3.01. The molecule has 1 aromatic heterocycles. The fourth-order valence-electron chi connectivity index (χ4n) is 2.04. The first-order valence-corrected chi connectivity index (χ1v) is 8.80. The SMILES string of the molecule is CCOC(=O)c1cc(N)nn1C(=O)COC(=O)c1cccc(NSC)c1. The second-order valence-corrected chi connectivity index (χ2v) is 5.56. The van der Waals surface area contributed by atoms with Gasteiger partial charge in [-0.1, -0.05) is 18.0 Å². The van der Waals surface area contributed by atoms with Crippen LogP contribution in [0.4, 0.5) is 11.5 Å². The number of nitrogens with one attached hydrogen (secondary N) is 1. The van der Waals surface area contributed by atoms with Gasteiger partial charge in [0.2, 0.25) is 0 Å². The number of anilines is 2. The number of carbonyl (C=O) groups excluding carboxylic acids is 3. The summed E-state index contributed by atoms with van der Waals surface area (Å²) in [5.74, 6) is -2.17. The Morgan fingerprint density at radius 3 is 2.69 bits per heavy atom. The maximum atomic E-state index is 12.2. The zero-order valence-corrected chi connectivity index (χ0v) is 15.0. The third-order valence-corrected chi connectivity index (χ3v) is 3.53. The lowest BCUT2D eigenvalue weighted by atomic mass is 10.2. The molecule has 26 heavy (non-hydrogen) atoms. The van der Waals surface area contributed by atoms with Gasteiger partial charge in [0.15, 0.2) is 12.3 Å². The maximum Gasteiger partial charge on any atom is 0.357 e. The lowest BCUT2D eigenvalue weighted by Gasteiger charge is -2.08. The predicted molar refractivity (Wildman–Crippen MR) is 97.1 cm³/mol. The maximum absolute atomic E-state index is 12.2. The van der Waals surface area contributed by atoms with E-state index in [2.05, 4.69) is 9.82 Å². The average Bonchev–Trinajstić information content (AvgIpc) is 3.02. The van der Waals surface area contributed by atoms with Crippen molar-refractivity contribution in [3.8, 4) is 0 Å².